The molecule has 88 valence electrons. The molecule has 1 aliphatic heterocycles. The van der Waals surface area contributed by atoms with Crippen LogP contribution in [0, 0.1) is 29.6 Å². The number of amides is 1. The molecule has 1 heterocycles. The number of nitrogens with two attached hydrogens (primary N) is 1. The molecule has 3 saturated carbocycles. The van der Waals surface area contributed by atoms with Crippen molar-refractivity contribution in [3.05, 3.63) is 0 Å². The van der Waals surface area contributed by atoms with Crippen LogP contribution in [0.1, 0.15) is 26.2 Å². The molecule has 1 amide bonds. The van der Waals surface area contributed by atoms with Gasteiger partial charge in [0.1, 0.15) is 0 Å². The number of carbonyl (C=O) groups excluding carboxylic acids is 1. The topological polar surface area (TPSA) is 46.3 Å². The molecule has 16 heavy (non-hydrogen) atoms. The first-order valence-corrected chi connectivity index (χ1v) is 6.64. The van der Waals surface area contributed by atoms with Gasteiger partial charge in [-0.15, -0.1) is 0 Å². The molecule has 4 aliphatic rings. The van der Waals surface area contributed by atoms with E-state index in [1.165, 1.54) is 19.3 Å². The van der Waals surface area contributed by atoms with Gasteiger partial charge in [-0.1, -0.05) is 0 Å². The van der Waals surface area contributed by atoms with Crippen LogP contribution >= 0.6 is 0 Å². The SMILES string of the molecule is CC1(N)CN(C(=O)C2C3C4CCC(C4)C23)C1. The van der Waals surface area contributed by atoms with E-state index in [4.69, 9.17) is 5.73 Å². The van der Waals surface area contributed by atoms with Gasteiger partial charge in [0, 0.05) is 24.5 Å². The minimum atomic E-state index is -0.112. The summed E-state index contributed by atoms with van der Waals surface area (Å²) in [7, 11) is 0. The lowest BCUT2D eigenvalue weighted by molar-refractivity contribution is -0.140. The Labute approximate surface area is 96.4 Å². The van der Waals surface area contributed by atoms with Crippen LogP contribution in [0.3, 0.4) is 0 Å². The quantitative estimate of drug-likeness (QED) is 0.711. The molecule has 0 aromatic rings. The first-order valence-electron chi connectivity index (χ1n) is 6.64. The highest BCUT2D eigenvalue weighted by Gasteiger charge is 2.68. The fraction of sp³-hybridized carbons (Fsp3) is 0.923. The number of rotatable bonds is 1. The van der Waals surface area contributed by atoms with Gasteiger partial charge >= 0.3 is 0 Å². The van der Waals surface area contributed by atoms with Gasteiger partial charge < -0.3 is 10.6 Å². The maximum Gasteiger partial charge on any atom is 0.226 e. The van der Waals surface area contributed by atoms with E-state index in [0.717, 1.165) is 36.8 Å². The summed E-state index contributed by atoms with van der Waals surface area (Å²) >= 11 is 0. The highest BCUT2D eigenvalue weighted by atomic mass is 16.2. The summed E-state index contributed by atoms with van der Waals surface area (Å²) in [5.74, 6) is 4.17. The molecule has 0 spiro atoms. The lowest BCUT2D eigenvalue weighted by Crippen LogP contribution is -2.67. The lowest BCUT2D eigenvalue weighted by atomic mass is 9.92. The van der Waals surface area contributed by atoms with E-state index in [-0.39, 0.29) is 5.54 Å². The standard InChI is InChI=1S/C13H20N2O/c1-13(14)5-15(6-13)12(16)11-9-7-2-3-8(4-7)10(9)11/h7-11H,2-6,14H2,1H3. The van der Waals surface area contributed by atoms with E-state index >= 15 is 0 Å². The van der Waals surface area contributed by atoms with E-state index < -0.39 is 0 Å². The summed E-state index contributed by atoms with van der Waals surface area (Å²) in [5.41, 5.74) is 5.85. The minimum absolute atomic E-state index is 0.112. The summed E-state index contributed by atoms with van der Waals surface area (Å²) in [6.45, 7) is 3.59. The maximum absolute atomic E-state index is 12.3. The van der Waals surface area contributed by atoms with E-state index in [2.05, 4.69) is 0 Å². The number of carbonyl (C=O) groups is 1. The average molecular weight is 220 g/mol. The maximum atomic E-state index is 12.3. The predicted octanol–water partition coefficient (Wildman–Crippen LogP) is 0.838. The van der Waals surface area contributed by atoms with Crippen molar-refractivity contribution >= 4 is 5.91 Å². The second kappa shape index (κ2) is 2.63. The van der Waals surface area contributed by atoms with Crippen molar-refractivity contribution in [2.75, 3.05) is 13.1 Å². The van der Waals surface area contributed by atoms with Crippen LogP contribution in [-0.2, 0) is 4.79 Å². The van der Waals surface area contributed by atoms with Crippen LogP contribution in [0.2, 0.25) is 0 Å². The fourth-order valence-corrected chi connectivity index (χ4v) is 4.85. The summed E-state index contributed by atoms with van der Waals surface area (Å²) in [6, 6.07) is 0. The molecule has 2 N–H and O–H groups in total. The smallest absolute Gasteiger partial charge is 0.226 e. The number of fused-ring (bicyclic) bond motifs is 5. The van der Waals surface area contributed by atoms with Crippen LogP contribution in [0.15, 0.2) is 0 Å². The van der Waals surface area contributed by atoms with Gasteiger partial charge in [0.05, 0.1) is 0 Å². The molecule has 1 saturated heterocycles. The molecule has 0 aromatic heterocycles. The van der Waals surface area contributed by atoms with Gasteiger partial charge in [0.2, 0.25) is 5.91 Å². The van der Waals surface area contributed by atoms with Gasteiger partial charge in [-0.2, -0.15) is 0 Å². The monoisotopic (exact) mass is 220 g/mol. The third-order valence-electron chi connectivity index (χ3n) is 5.44. The third-order valence-corrected chi connectivity index (χ3v) is 5.44. The molecule has 0 aromatic carbocycles. The Bertz CT molecular complexity index is 341. The molecule has 4 fully saturated rings. The van der Waals surface area contributed by atoms with E-state index in [9.17, 15) is 4.79 Å². The fourth-order valence-electron chi connectivity index (χ4n) is 4.85. The van der Waals surface area contributed by atoms with Gasteiger partial charge in [-0.25, -0.2) is 0 Å². The zero-order valence-electron chi connectivity index (χ0n) is 9.86. The number of hydrogen-bond acceptors (Lipinski definition) is 2. The van der Waals surface area contributed by atoms with E-state index in [0.29, 0.717) is 11.8 Å². The highest BCUT2D eigenvalue weighted by molar-refractivity contribution is 5.84. The highest BCUT2D eigenvalue weighted by Crippen LogP contribution is 2.69. The van der Waals surface area contributed by atoms with Gasteiger partial charge in [-0.3, -0.25) is 4.79 Å². The van der Waals surface area contributed by atoms with Gasteiger partial charge in [0.15, 0.2) is 0 Å². The summed E-state index contributed by atoms with van der Waals surface area (Å²) < 4.78 is 0. The zero-order valence-corrected chi connectivity index (χ0v) is 9.86. The third kappa shape index (κ3) is 1.05. The van der Waals surface area contributed by atoms with E-state index in [1.807, 2.05) is 11.8 Å². The van der Waals surface area contributed by atoms with Crippen molar-refractivity contribution in [2.45, 2.75) is 31.7 Å². The second-order valence-electron chi connectivity index (χ2n) is 6.86. The molecule has 4 rings (SSSR count). The van der Waals surface area contributed by atoms with Crippen LogP contribution in [0.25, 0.3) is 0 Å². The number of nitrogens with zero attached hydrogens (tertiary/aromatic N) is 1. The molecule has 4 atom stereocenters. The van der Waals surface area contributed by atoms with Crippen molar-refractivity contribution in [3.8, 4) is 0 Å². The molecule has 2 bridgehead atoms. The summed E-state index contributed by atoms with van der Waals surface area (Å²) in [5, 5.41) is 0. The number of hydrogen-bond donors (Lipinski definition) is 1. The Morgan fingerprint density at radius 1 is 1.25 bits per heavy atom. The molecular weight excluding hydrogens is 200 g/mol. The predicted molar refractivity (Wildman–Crippen MR) is 60.5 cm³/mol. The molecule has 3 heteroatoms. The second-order valence-corrected chi connectivity index (χ2v) is 6.86. The number of likely N-dealkylation sites (tertiary alicyclic amines) is 1. The van der Waals surface area contributed by atoms with Gasteiger partial charge in [-0.05, 0) is 49.9 Å². The largest absolute Gasteiger partial charge is 0.339 e. The van der Waals surface area contributed by atoms with Crippen LogP contribution in [0.5, 0.6) is 0 Å². The first-order chi connectivity index (χ1) is 7.57. The Morgan fingerprint density at radius 3 is 2.31 bits per heavy atom. The Morgan fingerprint density at radius 2 is 1.81 bits per heavy atom. The molecule has 0 radical (unpaired) electrons. The van der Waals surface area contributed by atoms with Crippen molar-refractivity contribution in [1.82, 2.24) is 4.90 Å². The Hall–Kier alpha value is -0.570. The van der Waals surface area contributed by atoms with Crippen molar-refractivity contribution in [3.63, 3.8) is 0 Å². The van der Waals surface area contributed by atoms with Crippen molar-refractivity contribution in [1.29, 1.82) is 0 Å². The van der Waals surface area contributed by atoms with Gasteiger partial charge in [0.25, 0.3) is 0 Å². The first kappa shape index (κ1) is 9.46. The molecule has 3 nitrogen and oxygen atoms in total. The van der Waals surface area contributed by atoms with Crippen LogP contribution in [-0.4, -0.2) is 29.4 Å². The molecular formula is C13H20N2O. The van der Waals surface area contributed by atoms with Crippen LogP contribution in [0.4, 0.5) is 0 Å². The average Bonchev–Trinajstić information content (AvgIpc) is 2.62. The minimum Gasteiger partial charge on any atom is -0.339 e. The Balaban J connectivity index is 1.44. The normalized spacial score (nSPS) is 51.1. The van der Waals surface area contributed by atoms with E-state index in [1.54, 1.807) is 0 Å². The molecule has 4 unspecified atom stereocenters. The summed E-state index contributed by atoms with van der Waals surface area (Å²) in [4.78, 5) is 14.3. The Kier molecular flexibility index (Phi) is 1.56. The van der Waals surface area contributed by atoms with Crippen LogP contribution < -0.4 is 5.73 Å². The van der Waals surface area contributed by atoms with Crippen molar-refractivity contribution < 1.29 is 4.79 Å². The summed E-state index contributed by atoms with van der Waals surface area (Å²) in [6.07, 6.45) is 4.21. The zero-order chi connectivity index (χ0) is 11.1. The lowest BCUT2D eigenvalue weighted by Gasteiger charge is -2.45. The molecule has 3 aliphatic carbocycles. The van der Waals surface area contributed by atoms with Crippen molar-refractivity contribution in [2.24, 2.45) is 35.3 Å².